The van der Waals surface area contributed by atoms with E-state index < -0.39 is 5.97 Å². The first-order chi connectivity index (χ1) is 8.04. The van der Waals surface area contributed by atoms with E-state index >= 15 is 0 Å². The summed E-state index contributed by atoms with van der Waals surface area (Å²) in [6, 6.07) is 4.61. The van der Waals surface area contributed by atoms with E-state index in [1.165, 1.54) is 19.2 Å². The number of rotatable bonds is 1. The zero-order chi connectivity index (χ0) is 12.6. The van der Waals surface area contributed by atoms with Gasteiger partial charge in [0, 0.05) is 5.39 Å². The van der Waals surface area contributed by atoms with E-state index in [0.29, 0.717) is 15.4 Å². The number of methoxy groups -OCH3 is 1. The van der Waals surface area contributed by atoms with E-state index in [1.807, 2.05) is 0 Å². The van der Waals surface area contributed by atoms with Gasteiger partial charge in [-0.25, -0.2) is 14.2 Å². The number of carbonyl (C=O) groups excluding carboxylic acids is 1. The summed E-state index contributed by atoms with van der Waals surface area (Å²) in [7, 11) is 1.28. The van der Waals surface area contributed by atoms with Crippen LogP contribution in [-0.2, 0) is 4.74 Å². The summed E-state index contributed by atoms with van der Waals surface area (Å²) < 4.78 is 18.7. The molecule has 0 spiro atoms. The topological polar surface area (TPSA) is 39.2 Å². The minimum Gasteiger partial charge on any atom is -0.464 e. The maximum atomic E-state index is 13.8. The molecule has 0 aliphatic rings. The van der Waals surface area contributed by atoms with Gasteiger partial charge >= 0.3 is 5.97 Å². The molecule has 0 N–H and O–H groups in total. The molecule has 17 heavy (non-hydrogen) atoms. The molecule has 0 bridgehead atoms. The zero-order valence-corrected chi connectivity index (χ0v) is 10.8. The third kappa shape index (κ3) is 2.02. The smallest absolute Gasteiger partial charge is 0.356 e. The average Bonchev–Trinajstić information content (AvgIpc) is 2.34. The molecule has 0 amide bonds. The molecule has 1 heterocycles. The number of esters is 1. The third-order valence-corrected chi connectivity index (χ3v) is 3.03. The van der Waals surface area contributed by atoms with E-state index in [1.54, 1.807) is 13.0 Å². The number of halogens is 2. The van der Waals surface area contributed by atoms with Crippen LogP contribution < -0.4 is 0 Å². The van der Waals surface area contributed by atoms with Gasteiger partial charge in [0.1, 0.15) is 11.5 Å². The monoisotopic (exact) mass is 297 g/mol. The molecule has 5 heteroatoms. The maximum Gasteiger partial charge on any atom is 0.356 e. The van der Waals surface area contributed by atoms with Crippen molar-refractivity contribution in [2.45, 2.75) is 6.92 Å². The third-order valence-electron chi connectivity index (χ3n) is 2.45. The van der Waals surface area contributed by atoms with Crippen molar-refractivity contribution in [3.63, 3.8) is 0 Å². The Kier molecular flexibility index (Phi) is 3.11. The van der Waals surface area contributed by atoms with Crippen LogP contribution in [0.4, 0.5) is 4.39 Å². The van der Waals surface area contributed by atoms with Crippen LogP contribution in [0.15, 0.2) is 22.7 Å². The largest absolute Gasteiger partial charge is 0.464 e. The molecule has 0 atom stereocenters. The maximum absolute atomic E-state index is 13.8. The summed E-state index contributed by atoms with van der Waals surface area (Å²) in [5.41, 5.74) is 1.43. The molecular formula is C12H9BrFNO2. The molecule has 0 aliphatic carbocycles. The summed E-state index contributed by atoms with van der Waals surface area (Å²) in [6.45, 7) is 1.81. The van der Waals surface area contributed by atoms with Gasteiger partial charge in [-0.15, -0.1) is 0 Å². The van der Waals surface area contributed by atoms with Crippen LogP contribution in [0.1, 0.15) is 16.1 Å². The number of benzene rings is 1. The number of aromatic nitrogens is 1. The summed E-state index contributed by atoms with van der Waals surface area (Å²) in [6.07, 6.45) is 0. The lowest BCUT2D eigenvalue weighted by Gasteiger charge is -2.06. The fraction of sp³-hybridized carbons (Fsp3) is 0.167. The predicted octanol–water partition coefficient (Wildman–Crippen LogP) is 3.23. The van der Waals surface area contributed by atoms with Crippen LogP contribution in [0.25, 0.3) is 10.9 Å². The molecule has 0 unspecified atom stereocenters. The molecule has 0 radical (unpaired) electrons. The second-order valence-corrected chi connectivity index (χ2v) is 4.43. The van der Waals surface area contributed by atoms with E-state index in [2.05, 4.69) is 25.7 Å². The van der Waals surface area contributed by atoms with Gasteiger partial charge in [0.15, 0.2) is 0 Å². The minimum absolute atomic E-state index is 0.171. The van der Waals surface area contributed by atoms with Crippen molar-refractivity contribution in [3.05, 3.63) is 39.7 Å². The standard InChI is InChI=1S/C12H9BrFNO2/c1-6-5-8(13)10(14)7-3-4-9(12(16)17-2)15-11(6)7/h3-5H,1-2H3. The lowest BCUT2D eigenvalue weighted by molar-refractivity contribution is 0.0594. The Balaban J connectivity index is 2.74. The second kappa shape index (κ2) is 4.41. The molecule has 1 aromatic carbocycles. The average molecular weight is 298 g/mol. The Bertz CT molecular complexity index is 613. The van der Waals surface area contributed by atoms with Crippen molar-refractivity contribution in [1.82, 2.24) is 4.98 Å². The van der Waals surface area contributed by atoms with Crippen molar-refractivity contribution in [2.75, 3.05) is 7.11 Å². The minimum atomic E-state index is -0.533. The van der Waals surface area contributed by atoms with E-state index in [0.717, 1.165) is 5.56 Å². The Morgan fingerprint density at radius 1 is 1.47 bits per heavy atom. The summed E-state index contributed by atoms with van der Waals surface area (Å²) in [5.74, 6) is -0.913. The molecule has 2 aromatic rings. The van der Waals surface area contributed by atoms with Crippen LogP contribution in [0.2, 0.25) is 0 Å². The highest BCUT2D eigenvalue weighted by molar-refractivity contribution is 9.10. The van der Waals surface area contributed by atoms with Crippen LogP contribution in [0.3, 0.4) is 0 Å². The van der Waals surface area contributed by atoms with Gasteiger partial charge < -0.3 is 4.74 Å². The van der Waals surface area contributed by atoms with Gasteiger partial charge in [0.2, 0.25) is 0 Å². The van der Waals surface area contributed by atoms with Gasteiger partial charge in [0.25, 0.3) is 0 Å². The molecule has 88 valence electrons. The first-order valence-electron chi connectivity index (χ1n) is 4.88. The number of carbonyl (C=O) groups is 1. The molecule has 0 aliphatic heterocycles. The molecule has 2 rings (SSSR count). The van der Waals surface area contributed by atoms with Gasteiger partial charge in [-0.2, -0.15) is 0 Å². The Labute approximate surface area is 106 Å². The van der Waals surface area contributed by atoms with Crippen LogP contribution in [0, 0.1) is 12.7 Å². The fourth-order valence-electron chi connectivity index (χ4n) is 1.61. The van der Waals surface area contributed by atoms with Crippen molar-refractivity contribution < 1.29 is 13.9 Å². The Hall–Kier alpha value is -1.49. The quantitative estimate of drug-likeness (QED) is 0.759. The molecule has 3 nitrogen and oxygen atoms in total. The predicted molar refractivity (Wildman–Crippen MR) is 65.5 cm³/mol. The number of nitrogens with zero attached hydrogens (tertiary/aromatic N) is 1. The Morgan fingerprint density at radius 3 is 2.82 bits per heavy atom. The first-order valence-corrected chi connectivity index (χ1v) is 5.67. The fourth-order valence-corrected chi connectivity index (χ4v) is 2.16. The Morgan fingerprint density at radius 2 is 2.18 bits per heavy atom. The van der Waals surface area contributed by atoms with Gasteiger partial charge in [-0.1, -0.05) is 0 Å². The van der Waals surface area contributed by atoms with Gasteiger partial charge in [-0.05, 0) is 46.6 Å². The molecular weight excluding hydrogens is 289 g/mol. The summed E-state index contributed by atoms with van der Waals surface area (Å²) in [4.78, 5) is 15.4. The highest BCUT2D eigenvalue weighted by Gasteiger charge is 2.13. The van der Waals surface area contributed by atoms with E-state index in [9.17, 15) is 9.18 Å². The zero-order valence-electron chi connectivity index (χ0n) is 9.25. The van der Waals surface area contributed by atoms with E-state index in [4.69, 9.17) is 0 Å². The number of hydrogen-bond acceptors (Lipinski definition) is 3. The van der Waals surface area contributed by atoms with Crippen molar-refractivity contribution in [2.24, 2.45) is 0 Å². The number of ether oxygens (including phenoxy) is 1. The lowest BCUT2D eigenvalue weighted by atomic mass is 10.1. The van der Waals surface area contributed by atoms with Crippen molar-refractivity contribution >= 4 is 32.8 Å². The number of aryl methyl sites for hydroxylation is 1. The molecule has 1 aromatic heterocycles. The van der Waals surface area contributed by atoms with Gasteiger partial charge in [0.05, 0.1) is 17.1 Å². The molecule has 0 saturated carbocycles. The normalized spacial score (nSPS) is 10.6. The summed E-state index contributed by atoms with van der Waals surface area (Å²) in [5, 5.41) is 0.379. The van der Waals surface area contributed by atoms with E-state index in [-0.39, 0.29) is 11.5 Å². The van der Waals surface area contributed by atoms with Crippen LogP contribution >= 0.6 is 15.9 Å². The summed E-state index contributed by atoms with van der Waals surface area (Å²) >= 11 is 3.13. The highest BCUT2D eigenvalue weighted by atomic mass is 79.9. The SMILES string of the molecule is COC(=O)c1ccc2c(F)c(Br)cc(C)c2n1. The lowest BCUT2D eigenvalue weighted by Crippen LogP contribution is -2.04. The number of fused-ring (bicyclic) bond motifs is 1. The van der Waals surface area contributed by atoms with Crippen LogP contribution in [-0.4, -0.2) is 18.1 Å². The van der Waals surface area contributed by atoms with Crippen molar-refractivity contribution in [1.29, 1.82) is 0 Å². The highest BCUT2D eigenvalue weighted by Crippen LogP contribution is 2.27. The van der Waals surface area contributed by atoms with Crippen LogP contribution in [0.5, 0.6) is 0 Å². The van der Waals surface area contributed by atoms with Gasteiger partial charge in [-0.3, -0.25) is 0 Å². The molecule has 0 fully saturated rings. The first kappa shape index (κ1) is 12.0. The molecule has 0 saturated heterocycles. The number of hydrogen-bond donors (Lipinski definition) is 0. The second-order valence-electron chi connectivity index (χ2n) is 3.57. The van der Waals surface area contributed by atoms with Crippen molar-refractivity contribution in [3.8, 4) is 0 Å². The number of pyridine rings is 1.